The SMILES string of the molecule is CN(C)c1ncccc1NC(=O)C[C@H]1OCCc2ccsc21. The number of aromatic nitrogens is 1. The van der Waals surface area contributed by atoms with E-state index in [1.165, 1.54) is 10.4 Å². The van der Waals surface area contributed by atoms with Crippen LogP contribution in [0.3, 0.4) is 0 Å². The number of pyridine rings is 1. The van der Waals surface area contributed by atoms with Crippen LogP contribution in [0.15, 0.2) is 29.8 Å². The van der Waals surface area contributed by atoms with E-state index in [1.54, 1.807) is 17.5 Å². The van der Waals surface area contributed by atoms with E-state index in [0.717, 1.165) is 17.9 Å². The average Bonchev–Trinajstić information content (AvgIpc) is 2.97. The van der Waals surface area contributed by atoms with Crippen molar-refractivity contribution in [3.63, 3.8) is 0 Å². The van der Waals surface area contributed by atoms with E-state index in [0.29, 0.717) is 13.0 Å². The number of anilines is 2. The predicted molar refractivity (Wildman–Crippen MR) is 88.5 cm³/mol. The van der Waals surface area contributed by atoms with E-state index in [4.69, 9.17) is 4.74 Å². The lowest BCUT2D eigenvalue weighted by Crippen LogP contribution is -2.22. The minimum absolute atomic E-state index is 0.0534. The molecule has 2 aromatic heterocycles. The second-order valence-electron chi connectivity index (χ2n) is 5.44. The summed E-state index contributed by atoms with van der Waals surface area (Å²) in [5.74, 6) is 0.694. The molecule has 0 aromatic carbocycles. The third-order valence-electron chi connectivity index (χ3n) is 3.62. The molecule has 1 atom stereocenters. The van der Waals surface area contributed by atoms with Crippen LogP contribution >= 0.6 is 11.3 Å². The molecule has 1 amide bonds. The summed E-state index contributed by atoms with van der Waals surface area (Å²) in [4.78, 5) is 19.7. The smallest absolute Gasteiger partial charge is 0.227 e. The van der Waals surface area contributed by atoms with E-state index in [9.17, 15) is 4.79 Å². The van der Waals surface area contributed by atoms with Gasteiger partial charge in [-0.05, 0) is 35.6 Å². The first kappa shape index (κ1) is 15.0. The second-order valence-corrected chi connectivity index (χ2v) is 6.39. The Morgan fingerprint density at radius 3 is 3.18 bits per heavy atom. The number of fused-ring (bicyclic) bond motifs is 1. The summed E-state index contributed by atoms with van der Waals surface area (Å²) in [5.41, 5.74) is 2.03. The highest BCUT2D eigenvalue weighted by Gasteiger charge is 2.25. The maximum absolute atomic E-state index is 12.4. The Hall–Kier alpha value is -1.92. The zero-order chi connectivity index (χ0) is 15.5. The summed E-state index contributed by atoms with van der Waals surface area (Å²) >= 11 is 1.66. The van der Waals surface area contributed by atoms with Crippen LogP contribution in [0.1, 0.15) is 23.0 Å². The first-order valence-electron chi connectivity index (χ1n) is 7.25. The summed E-state index contributed by atoms with van der Waals surface area (Å²) in [6.07, 6.45) is 2.84. The van der Waals surface area contributed by atoms with Crippen molar-refractivity contribution in [3.05, 3.63) is 40.2 Å². The fraction of sp³-hybridized carbons (Fsp3) is 0.375. The molecule has 1 aliphatic heterocycles. The van der Waals surface area contributed by atoms with Gasteiger partial charge in [0.05, 0.1) is 18.7 Å². The second kappa shape index (κ2) is 6.46. The molecule has 22 heavy (non-hydrogen) atoms. The Balaban J connectivity index is 1.70. The third-order valence-corrected chi connectivity index (χ3v) is 4.67. The normalized spacial score (nSPS) is 16.9. The van der Waals surface area contributed by atoms with Gasteiger partial charge in [0.25, 0.3) is 0 Å². The lowest BCUT2D eigenvalue weighted by atomic mass is 10.1. The van der Waals surface area contributed by atoms with Crippen molar-refractivity contribution >= 4 is 28.7 Å². The molecule has 5 nitrogen and oxygen atoms in total. The fourth-order valence-electron chi connectivity index (χ4n) is 2.60. The highest BCUT2D eigenvalue weighted by molar-refractivity contribution is 7.10. The summed E-state index contributed by atoms with van der Waals surface area (Å²) in [6, 6.07) is 5.80. The summed E-state index contributed by atoms with van der Waals surface area (Å²) in [7, 11) is 3.81. The lowest BCUT2D eigenvalue weighted by molar-refractivity contribution is -0.119. The highest BCUT2D eigenvalue weighted by Crippen LogP contribution is 2.34. The number of ether oxygens (including phenoxy) is 1. The number of hydrogen-bond donors (Lipinski definition) is 1. The van der Waals surface area contributed by atoms with Crippen LogP contribution in [-0.2, 0) is 16.0 Å². The van der Waals surface area contributed by atoms with Crippen LogP contribution in [0.4, 0.5) is 11.5 Å². The number of rotatable bonds is 4. The fourth-order valence-corrected chi connectivity index (χ4v) is 3.60. The largest absolute Gasteiger partial charge is 0.372 e. The molecular weight excluding hydrogens is 298 g/mol. The minimum Gasteiger partial charge on any atom is -0.372 e. The van der Waals surface area contributed by atoms with Gasteiger partial charge in [-0.1, -0.05) is 0 Å². The minimum atomic E-state index is -0.136. The molecule has 0 aliphatic carbocycles. The summed E-state index contributed by atoms with van der Waals surface area (Å²) in [5, 5.41) is 5.01. The van der Waals surface area contributed by atoms with Crippen molar-refractivity contribution in [2.75, 3.05) is 30.9 Å². The Bertz CT molecular complexity index is 669. The van der Waals surface area contributed by atoms with Crippen molar-refractivity contribution in [1.82, 2.24) is 4.98 Å². The third kappa shape index (κ3) is 3.13. The Kier molecular flexibility index (Phi) is 4.40. The molecule has 0 saturated carbocycles. The van der Waals surface area contributed by atoms with Gasteiger partial charge in [-0.15, -0.1) is 11.3 Å². The monoisotopic (exact) mass is 317 g/mol. The van der Waals surface area contributed by atoms with Crippen LogP contribution in [0, 0.1) is 0 Å². The Morgan fingerprint density at radius 2 is 2.36 bits per heavy atom. The first-order chi connectivity index (χ1) is 10.6. The molecule has 1 aliphatic rings. The first-order valence-corrected chi connectivity index (χ1v) is 8.13. The van der Waals surface area contributed by atoms with Gasteiger partial charge in [0.2, 0.25) is 5.91 Å². The van der Waals surface area contributed by atoms with Gasteiger partial charge in [-0.2, -0.15) is 0 Å². The van der Waals surface area contributed by atoms with E-state index in [-0.39, 0.29) is 12.0 Å². The van der Waals surface area contributed by atoms with Crippen molar-refractivity contribution in [2.24, 2.45) is 0 Å². The quantitative estimate of drug-likeness (QED) is 0.942. The van der Waals surface area contributed by atoms with E-state index >= 15 is 0 Å². The highest BCUT2D eigenvalue weighted by atomic mass is 32.1. The van der Waals surface area contributed by atoms with E-state index < -0.39 is 0 Å². The molecular formula is C16H19N3O2S. The van der Waals surface area contributed by atoms with Gasteiger partial charge in [0.1, 0.15) is 6.10 Å². The maximum Gasteiger partial charge on any atom is 0.227 e. The lowest BCUT2D eigenvalue weighted by Gasteiger charge is -2.23. The molecule has 0 bridgehead atoms. The zero-order valence-corrected chi connectivity index (χ0v) is 13.5. The molecule has 0 saturated heterocycles. The molecule has 0 radical (unpaired) electrons. The molecule has 0 fully saturated rings. The van der Waals surface area contributed by atoms with Gasteiger partial charge in [0, 0.05) is 25.2 Å². The van der Waals surface area contributed by atoms with Crippen LogP contribution in [0.5, 0.6) is 0 Å². The van der Waals surface area contributed by atoms with Crippen LogP contribution in [-0.4, -0.2) is 31.6 Å². The number of nitrogens with zero attached hydrogens (tertiary/aromatic N) is 2. The molecule has 3 rings (SSSR count). The molecule has 3 heterocycles. The number of hydrogen-bond acceptors (Lipinski definition) is 5. The predicted octanol–water partition coefficient (Wildman–Crippen LogP) is 2.85. The van der Waals surface area contributed by atoms with Gasteiger partial charge in [-0.25, -0.2) is 4.98 Å². The molecule has 2 aromatic rings. The Morgan fingerprint density at radius 1 is 1.50 bits per heavy atom. The van der Waals surface area contributed by atoms with E-state index in [1.807, 2.05) is 31.1 Å². The number of amides is 1. The van der Waals surface area contributed by atoms with Crippen LogP contribution in [0.25, 0.3) is 0 Å². The number of carbonyl (C=O) groups excluding carboxylic acids is 1. The van der Waals surface area contributed by atoms with E-state index in [2.05, 4.69) is 21.7 Å². The maximum atomic E-state index is 12.4. The summed E-state index contributed by atoms with van der Waals surface area (Å²) < 4.78 is 5.77. The van der Waals surface area contributed by atoms with Crippen LogP contribution in [0.2, 0.25) is 0 Å². The van der Waals surface area contributed by atoms with Crippen LogP contribution < -0.4 is 10.2 Å². The van der Waals surface area contributed by atoms with Gasteiger partial charge in [-0.3, -0.25) is 4.79 Å². The van der Waals surface area contributed by atoms with Crippen molar-refractivity contribution in [2.45, 2.75) is 18.9 Å². The average molecular weight is 317 g/mol. The zero-order valence-electron chi connectivity index (χ0n) is 12.7. The van der Waals surface area contributed by atoms with Crippen molar-refractivity contribution in [3.8, 4) is 0 Å². The van der Waals surface area contributed by atoms with Gasteiger partial charge >= 0.3 is 0 Å². The Labute approximate surface area is 133 Å². The number of thiophene rings is 1. The standard InChI is InChI=1S/C16H19N3O2S/c1-19(2)16-12(4-3-7-17-16)18-14(20)10-13-15-11(5-8-21-13)6-9-22-15/h3-4,6-7,9,13H,5,8,10H2,1-2H3,(H,18,20)/t13-/m1/s1. The van der Waals surface area contributed by atoms with Crippen molar-refractivity contribution < 1.29 is 9.53 Å². The topological polar surface area (TPSA) is 54.5 Å². The number of nitrogens with one attached hydrogen (secondary N) is 1. The molecule has 0 unspecified atom stereocenters. The molecule has 1 N–H and O–H groups in total. The molecule has 0 spiro atoms. The number of carbonyl (C=O) groups is 1. The summed E-state index contributed by atoms with van der Waals surface area (Å²) in [6.45, 7) is 0.678. The van der Waals surface area contributed by atoms with Gasteiger partial charge < -0.3 is 15.0 Å². The van der Waals surface area contributed by atoms with Crippen molar-refractivity contribution in [1.29, 1.82) is 0 Å². The van der Waals surface area contributed by atoms with Gasteiger partial charge in [0.15, 0.2) is 5.82 Å². The molecule has 116 valence electrons. The molecule has 6 heteroatoms.